The van der Waals surface area contributed by atoms with Gasteiger partial charge in [-0.05, 0) is 36.2 Å². The minimum Gasteiger partial charge on any atom is -0.508 e. The molecule has 0 radical (unpaired) electrons. The first-order valence-electron chi connectivity index (χ1n) is 5.93. The maximum Gasteiger partial charge on any atom is 0.117 e. The molecule has 0 saturated carbocycles. The number of hydrogen-bond donors (Lipinski definition) is 1. The zero-order valence-electron chi connectivity index (χ0n) is 10.2. The number of hydrogen-bond acceptors (Lipinski definition) is 2. The second-order valence-electron chi connectivity index (χ2n) is 4.52. The Morgan fingerprint density at radius 3 is 2.67 bits per heavy atom. The second kappa shape index (κ2) is 4.18. The average Bonchev–Trinajstić information content (AvgIpc) is 2.75. The van der Waals surface area contributed by atoms with Crippen LogP contribution in [0.1, 0.15) is 17.0 Å². The van der Waals surface area contributed by atoms with Crippen LogP contribution in [0.4, 0.5) is 0 Å². The van der Waals surface area contributed by atoms with E-state index < -0.39 is 0 Å². The number of aromatic nitrogens is 2. The van der Waals surface area contributed by atoms with Crippen LogP contribution < -0.4 is 0 Å². The molecule has 0 aliphatic carbocycles. The van der Waals surface area contributed by atoms with Crippen molar-refractivity contribution in [2.24, 2.45) is 0 Å². The third-order valence-corrected chi connectivity index (χ3v) is 3.05. The number of phenols is 1. The van der Waals surface area contributed by atoms with Gasteiger partial charge in [-0.1, -0.05) is 18.2 Å². The smallest absolute Gasteiger partial charge is 0.117 e. The summed E-state index contributed by atoms with van der Waals surface area (Å²) in [6.07, 6.45) is 4.74. The van der Waals surface area contributed by atoms with E-state index in [0.29, 0.717) is 5.75 Å². The van der Waals surface area contributed by atoms with Crippen LogP contribution in [-0.2, 0) is 6.42 Å². The van der Waals surface area contributed by atoms with Gasteiger partial charge in [0, 0.05) is 12.6 Å². The molecule has 3 aromatic rings. The van der Waals surface area contributed by atoms with Crippen molar-refractivity contribution < 1.29 is 5.11 Å². The summed E-state index contributed by atoms with van der Waals surface area (Å²) in [5.41, 5.74) is 3.46. The molecule has 3 nitrogen and oxygen atoms in total. The lowest BCUT2D eigenvalue weighted by molar-refractivity contribution is 0.475. The van der Waals surface area contributed by atoms with Crippen LogP contribution in [0.3, 0.4) is 0 Å². The van der Waals surface area contributed by atoms with Crippen LogP contribution in [0.25, 0.3) is 5.52 Å². The van der Waals surface area contributed by atoms with Gasteiger partial charge in [0.2, 0.25) is 0 Å². The summed E-state index contributed by atoms with van der Waals surface area (Å²) in [7, 11) is 0. The maximum atomic E-state index is 9.27. The summed E-state index contributed by atoms with van der Waals surface area (Å²) in [6, 6.07) is 11.4. The summed E-state index contributed by atoms with van der Waals surface area (Å²) in [4.78, 5) is 4.45. The van der Waals surface area contributed by atoms with E-state index in [1.807, 2.05) is 18.3 Å². The molecule has 1 N–H and O–H groups in total. The Morgan fingerprint density at radius 2 is 1.89 bits per heavy atom. The number of fused-ring (bicyclic) bond motifs is 1. The zero-order chi connectivity index (χ0) is 12.5. The predicted octanol–water partition coefficient (Wildman–Crippen LogP) is 2.94. The number of rotatable bonds is 2. The fourth-order valence-electron chi connectivity index (χ4n) is 2.08. The molecule has 3 heteroatoms. The van der Waals surface area contributed by atoms with Gasteiger partial charge in [-0.25, -0.2) is 4.98 Å². The highest BCUT2D eigenvalue weighted by molar-refractivity contribution is 5.47. The first-order valence-corrected chi connectivity index (χ1v) is 5.93. The van der Waals surface area contributed by atoms with Crippen molar-refractivity contribution in [1.82, 2.24) is 9.38 Å². The third kappa shape index (κ3) is 1.95. The summed E-state index contributed by atoms with van der Waals surface area (Å²) in [6.45, 7) is 2.07. The molecule has 0 unspecified atom stereocenters. The molecule has 0 spiro atoms. The second-order valence-corrected chi connectivity index (χ2v) is 4.52. The van der Waals surface area contributed by atoms with Crippen LogP contribution in [0.15, 0.2) is 48.8 Å². The van der Waals surface area contributed by atoms with Crippen molar-refractivity contribution in [3.8, 4) is 5.75 Å². The van der Waals surface area contributed by atoms with E-state index in [1.165, 1.54) is 5.56 Å². The Kier molecular flexibility index (Phi) is 2.52. The molecule has 3 rings (SSSR count). The number of aromatic hydroxyl groups is 1. The van der Waals surface area contributed by atoms with Gasteiger partial charge in [-0.2, -0.15) is 0 Å². The Balaban J connectivity index is 1.99. The molecule has 0 bridgehead atoms. The topological polar surface area (TPSA) is 37.5 Å². The monoisotopic (exact) mass is 238 g/mol. The van der Waals surface area contributed by atoms with Crippen molar-refractivity contribution in [3.63, 3.8) is 0 Å². The number of aryl methyl sites for hydroxylation is 1. The normalized spacial score (nSPS) is 10.9. The van der Waals surface area contributed by atoms with Gasteiger partial charge in [0.25, 0.3) is 0 Å². The highest BCUT2D eigenvalue weighted by Crippen LogP contribution is 2.15. The van der Waals surface area contributed by atoms with Crippen LogP contribution in [0.2, 0.25) is 0 Å². The minimum atomic E-state index is 0.294. The molecular formula is C15H14N2O. The molecule has 0 saturated heterocycles. The van der Waals surface area contributed by atoms with Crippen molar-refractivity contribution >= 4 is 5.52 Å². The largest absolute Gasteiger partial charge is 0.508 e. The van der Waals surface area contributed by atoms with Crippen LogP contribution in [0.5, 0.6) is 5.75 Å². The quantitative estimate of drug-likeness (QED) is 0.745. The number of benzene rings is 1. The highest BCUT2D eigenvalue weighted by atomic mass is 16.3. The van der Waals surface area contributed by atoms with Crippen molar-refractivity contribution in [2.75, 3.05) is 0 Å². The lowest BCUT2D eigenvalue weighted by Crippen LogP contribution is -1.96. The molecule has 90 valence electrons. The molecule has 1 aromatic carbocycles. The molecule has 0 fully saturated rings. The summed E-state index contributed by atoms with van der Waals surface area (Å²) in [5.74, 6) is 1.31. The number of nitrogens with zero attached hydrogens (tertiary/aromatic N) is 2. The summed E-state index contributed by atoms with van der Waals surface area (Å²) >= 11 is 0. The third-order valence-electron chi connectivity index (χ3n) is 3.05. The maximum absolute atomic E-state index is 9.27. The van der Waals surface area contributed by atoms with Gasteiger partial charge < -0.3 is 9.51 Å². The molecule has 0 aliphatic heterocycles. The van der Waals surface area contributed by atoms with Gasteiger partial charge in [-0.15, -0.1) is 0 Å². The fraction of sp³-hybridized carbons (Fsp3) is 0.133. The van der Waals surface area contributed by atoms with Crippen LogP contribution in [0, 0.1) is 6.92 Å². The zero-order valence-corrected chi connectivity index (χ0v) is 10.2. The minimum absolute atomic E-state index is 0.294. The van der Waals surface area contributed by atoms with E-state index in [4.69, 9.17) is 0 Å². The van der Waals surface area contributed by atoms with E-state index in [-0.39, 0.29) is 0 Å². The predicted molar refractivity (Wildman–Crippen MR) is 70.8 cm³/mol. The number of phenolic OH excluding ortho intramolecular Hbond substituents is 1. The van der Waals surface area contributed by atoms with Crippen LogP contribution in [-0.4, -0.2) is 14.5 Å². The molecule has 0 amide bonds. The lowest BCUT2D eigenvalue weighted by atomic mass is 10.1. The van der Waals surface area contributed by atoms with Crippen LogP contribution >= 0.6 is 0 Å². The van der Waals surface area contributed by atoms with E-state index in [1.54, 1.807) is 12.1 Å². The Bertz CT molecular complexity index is 683. The number of imidazole rings is 1. The van der Waals surface area contributed by atoms with Crippen molar-refractivity contribution in [1.29, 1.82) is 0 Å². The Labute approximate surface area is 105 Å². The van der Waals surface area contributed by atoms with E-state index in [0.717, 1.165) is 23.3 Å². The molecule has 0 atom stereocenters. The van der Waals surface area contributed by atoms with Gasteiger partial charge in [0.15, 0.2) is 0 Å². The average molecular weight is 238 g/mol. The summed E-state index contributed by atoms with van der Waals surface area (Å²) in [5, 5.41) is 9.27. The Morgan fingerprint density at radius 1 is 1.11 bits per heavy atom. The molecule has 18 heavy (non-hydrogen) atoms. The Hall–Kier alpha value is -2.29. The van der Waals surface area contributed by atoms with E-state index in [2.05, 4.69) is 34.6 Å². The van der Waals surface area contributed by atoms with Gasteiger partial charge in [-0.3, -0.25) is 0 Å². The SMILES string of the molecule is Cc1ccc2cnc(Cc3ccc(O)cc3)n2c1. The van der Waals surface area contributed by atoms with Gasteiger partial charge in [0.05, 0.1) is 11.7 Å². The van der Waals surface area contributed by atoms with E-state index >= 15 is 0 Å². The molecule has 0 aliphatic rings. The first-order chi connectivity index (χ1) is 8.72. The van der Waals surface area contributed by atoms with Gasteiger partial charge >= 0.3 is 0 Å². The standard InChI is InChI=1S/C15H14N2O/c1-11-2-5-13-9-16-15(17(13)10-11)8-12-3-6-14(18)7-4-12/h2-7,9-10,18H,8H2,1H3. The molecule has 2 aromatic heterocycles. The highest BCUT2D eigenvalue weighted by Gasteiger charge is 2.04. The molecule has 2 heterocycles. The first kappa shape index (κ1) is 10.8. The van der Waals surface area contributed by atoms with Crippen molar-refractivity contribution in [3.05, 3.63) is 65.7 Å². The summed E-state index contributed by atoms with van der Waals surface area (Å²) < 4.78 is 2.11. The molecular weight excluding hydrogens is 224 g/mol. The lowest BCUT2D eigenvalue weighted by Gasteiger charge is -2.03. The number of pyridine rings is 1. The van der Waals surface area contributed by atoms with Crippen molar-refractivity contribution in [2.45, 2.75) is 13.3 Å². The fourth-order valence-corrected chi connectivity index (χ4v) is 2.08. The van der Waals surface area contributed by atoms with Gasteiger partial charge in [0.1, 0.15) is 11.6 Å². The van der Waals surface area contributed by atoms with E-state index in [9.17, 15) is 5.11 Å².